The number of benzene rings is 2. The molecule has 6 nitrogen and oxygen atoms in total. The lowest BCUT2D eigenvalue weighted by Gasteiger charge is -2.08. The summed E-state index contributed by atoms with van der Waals surface area (Å²) in [7, 11) is 0. The Morgan fingerprint density at radius 3 is 2.41 bits per heavy atom. The molecule has 27 heavy (non-hydrogen) atoms. The first-order chi connectivity index (χ1) is 13.1. The first-order valence-electron chi connectivity index (χ1n) is 8.75. The number of carbonyl (C=O) groups excluding carboxylic acids is 1. The fourth-order valence-corrected chi connectivity index (χ4v) is 3.49. The van der Waals surface area contributed by atoms with Crippen molar-refractivity contribution in [2.45, 2.75) is 18.9 Å². The third-order valence-electron chi connectivity index (χ3n) is 4.72. The summed E-state index contributed by atoms with van der Waals surface area (Å²) in [5, 5.41) is 3.02. The minimum atomic E-state index is -0.194. The van der Waals surface area contributed by atoms with Crippen molar-refractivity contribution in [3.8, 4) is 5.69 Å². The summed E-state index contributed by atoms with van der Waals surface area (Å²) < 4.78 is 2.76. The molecule has 2 aromatic heterocycles. The highest BCUT2D eigenvalue weighted by Crippen LogP contribution is 2.32. The number of anilines is 1. The summed E-state index contributed by atoms with van der Waals surface area (Å²) in [5.74, 6) is 0.154. The smallest absolute Gasteiger partial charge is 0.257 e. The molecule has 1 saturated carbocycles. The molecule has 0 bridgehead atoms. The topological polar surface area (TPSA) is 85.8 Å². The van der Waals surface area contributed by atoms with Gasteiger partial charge in [-0.05, 0) is 49.2 Å². The van der Waals surface area contributed by atoms with Crippen molar-refractivity contribution >= 4 is 49.9 Å². The first-order valence-corrected chi connectivity index (χ1v) is 9.54. The Labute approximate surface area is 163 Å². The highest BCUT2D eigenvalue weighted by atomic mass is 79.9. The molecular weight excluding hydrogens is 406 g/mol. The van der Waals surface area contributed by atoms with Crippen molar-refractivity contribution in [1.29, 1.82) is 0 Å². The van der Waals surface area contributed by atoms with Crippen LogP contribution in [0, 0.1) is 0 Å². The van der Waals surface area contributed by atoms with E-state index in [1.165, 1.54) is 0 Å². The normalized spacial score (nSPS) is 14.0. The van der Waals surface area contributed by atoms with E-state index in [1.54, 1.807) is 4.57 Å². The van der Waals surface area contributed by atoms with Crippen molar-refractivity contribution < 1.29 is 4.79 Å². The Bertz CT molecular complexity index is 1190. The molecule has 4 aromatic rings. The molecule has 2 heterocycles. The number of halogens is 1. The number of rotatable bonds is 3. The number of amides is 1. The summed E-state index contributed by atoms with van der Waals surface area (Å²) in [6.45, 7) is 0. The molecule has 1 amide bonds. The van der Waals surface area contributed by atoms with E-state index < -0.39 is 0 Å². The summed E-state index contributed by atoms with van der Waals surface area (Å²) in [5.41, 5.74) is 10.3. The third kappa shape index (κ3) is 2.75. The Balaban J connectivity index is 1.81. The van der Waals surface area contributed by atoms with Crippen LogP contribution in [0.3, 0.4) is 0 Å². The van der Waals surface area contributed by atoms with Gasteiger partial charge in [0.05, 0.1) is 11.0 Å². The van der Waals surface area contributed by atoms with E-state index in [4.69, 9.17) is 15.7 Å². The lowest BCUT2D eigenvalue weighted by atomic mass is 10.2. The van der Waals surface area contributed by atoms with Gasteiger partial charge in [-0.3, -0.25) is 9.36 Å². The number of fused-ring (bicyclic) bond motifs is 2. The number of hydrogen-bond acceptors (Lipinski definition) is 4. The molecule has 7 heteroatoms. The minimum absolute atomic E-state index is 0.194. The highest BCUT2D eigenvalue weighted by molar-refractivity contribution is 9.10. The summed E-state index contributed by atoms with van der Waals surface area (Å²) in [6.07, 6.45) is 2.01. The van der Waals surface area contributed by atoms with E-state index in [0.717, 1.165) is 34.0 Å². The zero-order chi connectivity index (χ0) is 18.5. The zero-order valence-corrected chi connectivity index (χ0v) is 15.9. The van der Waals surface area contributed by atoms with Crippen molar-refractivity contribution in [3.05, 3.63) is 58.6 Å². The van der Waals surface area contributed by atoms with Gasteiger partial charge in [0, 0.05) is 16.2 Å². The number of nitrogens with two attached hydrogens (primary N) is 1. The SMILES string of the molecule is Nc1c(C(=O)NC2CC2)c2nc3ccccc3nc2n1-c1ccc(Br)cc1. The maximum atomic E-state index is 12.9. The molecule has 134 valence electrons. The fraction of sp³-hybridized carbons (Fsp3) is 0.150. The summed E-state index contributed by atoms with van der Waals surface area (Å²) in [6, 6.07) is 15.6. The molecule has 0 spiro atoms. The molecule has 5 rings (SSSR count). The molecule has 0 saturated heterocycles. The predicted octanol–water partition coefficient (Wildman–Crippen LogP) is 3.81. The monoisotopic (exact) mass is 421 g/mol. The second-order valence-corrected chi connectivity index (χ2v) is 7.62. The van der Waals surface area contributed by atoms with Crippen LogP contribution in [0.1, 0.15) is 23.2 Å². The lowest BCUT2D eigenvalue weighted by Crippen LogP contribution is -2.26. The number of nitrogens with zero attached hydrogens (tertiary/aromatic N) is 3. The molecule has 1 aliphatic rings. The number of aromatic nitrogens is 3. The van der Waals surface area contributed by atoms with Crippen LogP contribution in [0.15, 0.2) is 53.0 Å². The van der Waals surface area contributed by atoms with Crippen molar-refractivity contribution in [1.82, 2.24) is 19.9 Å². The Morgan fingerprint density at radius 2 is 1.74 bits per heavy atom. The average Bonchev–Trinajstić information content (AvgIpc) is 3.43. The van der Waals surface area contributed by atoms with Crippen molar-refractivity contribution in [2.75, 3.05) is 5.73 Å². The fourth-order valence-electron chi connectivity index (χ4n) is 3.22. The van der Waals surface area contributed by atoms with Gasteiger partial charge < -0.3 is 11.1 Å². The van der Waals surface area contributed by atoms with Gasteiger partial charge in [0.15, 0.2) is 5.65 Å². The van der Waals surface area contributed by atoms with Crippen LogP contribution in [0.5, 0.6) is 0 Å². The Kier molecular flexibility index (Phi) is 3.65. The highest BCUT2D eigenvalue weighted by Gasteiger charge is 2.29. The summed E-state index contributed by atoms with van der Waals surface area (Å²) >= 11 is 3.45. The molecule has 1 aliphatic carbocycles. The van der Waals surface area contributed by atoms with E-state index >= 15 is 0 Å². The molecular formula is C20H16BrN5O. The molecule has 0 atom stereocenters. The van der Waals surface area contributed by atoms with Crippen LogP contribution in [0.4, 0.5) is 5.82 Å². The summed E-state index contributed by atoms with van der Waals surface area (Å²) in [4.78, 5) is 22.4. The van der Waals surface area contributed by atoms with Crippen LogP contribution in [-0.4, -0.2) is 26.5 Å². The van der Waals surface area contributed by atoms with E-state index in [-0.39, 0.29) is 11.9 Å². The third-order valence-corrected chi connectivity index (χ3v) is 5.25. The van der Waals surface area contributed by atoms with E-state index in [1.807, 2.05) is 48.5 Å². The van der Waals surface area contributed by atoms with Gasteiger partial charge in [-0.1, -0.05) is 28.1 Å². The molecule has 0 aliphatic heterocycles. The largest absolute Gasteiger partial charge is 0.384 e. The molecule has 1 fully saturated rings. The van der Waals surface area contributed by atoms with Gasteiger partial charge in [0.1, 0.15) is 16.9 Å². The van der Waals surface area contributed by atoms with Crippen LogP contribution in [-0.2, 0) is 0 Å². The number of nitrogen functional groups attached to an aromatic ring is 1. The van der Waals surface area contributed by atoms with Gasteiger partial charge in [0.25, 0.3) is 5.91 Å². The van der Waals surface area contributed by atoms with Gasteiger partial charge in [0.2, 0.25) is 0 Å². The van der Waals surface area contributed by atoms with Gasteiger partial charge in [-0.25, -0.2) is 9.97 Å². The van der Waals surface area contributed by atoms with Gasteiger partial charge in [-0.15, -0.1) is 0 Å². The number of para-hydroxylation sites is 2. The Hall–Kier alpha value is -2.93. The standard InChI is InChI=1S/C20H16BrN5O/c21-11-5-9-13(10-6-11)26-18(22)16(20(27)23-12-7-8-12)17-19(26)25-15-4-2-1-3-14(15)24-17/h1-6,9-10,12H,7-8,22H2,(H,23,27). The number of nitrogens with one attached hydrogen (secondary N) is 1. The van der Waals surface area contributed by atoms with E-state index in [0.29, 0.717) is 22.5 Å². The lowest BCUT2D eigenvalue weighted by molar-refractivity contribution is 0.0953. The maximum absolute atomic E-state index is 12.9. The maximum Gasteiger partial charge on any atom is 0.257 e. The van der Waals surface area contributed by atoms with E-state index in [2.05, 4.69) is 21.2 Å². The first kappa shape index (κ1) is 16.3. The van der Waals surface area contributed by atoms with Gasteiger partial charge >= 0.3 is 0 Å². The molecule has 0 radical (unpaired) electrons. The zero-order valence-electron chi connectivity index (χ0n) is 14.3. The molecule has 0 unspecified atom stereocenters. The van der Waals surface area contributed by atoms with E-state index in [9.17, 15) is 4.79 Å². The van der Waals surface area contributed by atoms with Gasteiger partial charge in [-0.2, -0.15) is 0 Å². The average molecular weight is 422 g/mol. The second kappa shape index (κ2) is 6.06. The van der Waals surface area contributed by atoms with Crippen LogP contribution < -0.4 is 11.1 Å². The van der Waals surface area contributed by atoms with Crippen LogP contribution in [0.2, 0.25) is 0 Å². The quantitative estimate of drug-likeness (QED) is 0.526. The minimum Gasteiger partial charge on any atom is -0.384 e. The molecule has 3 N–H and O–H groups in total. The van der Waals surface area contributed by atoms with Crippen LogP contribution in [0.25, 0.3) is 27.9 Å². The van der Waals surface area contributed by atoms with Crippen molar-refractivity contribution in [3.63, 3.8) is 0 Å². The predicted molar refractivity (Wildman–Crippen MR) is 109 cm³/mol. The second-order valence-electron chi connectivity index (χ2n) is 6.70. The van der Waals surface area contributed by atoms with Crippen LogP contribution >= 0.6 is 15.9 Å². The number of hydrogen-bond donors (Lipinski definition) is 2. The van der Waals surface area contributed by atoms with Crippen molar-refractivity contribution in [2.24, 2.45) is 0 Å². The number of carbonyl (C=O) groups is 1. The Morgan fingerprint density at radius 1 is 1.07 bits per heavy atom. The molecule has 2 aromatic carbocycles.